The number of amides is 2. The Labute approximate surface area is 112 Å². The number of rotatable bonds is 0. The molecule has 0 radical (unpaired) electrons. The van der Waals surface area contributed by atoms with Gasteiger partial charge in [-0.2, -0.15) is 0 Å². The summed E-state index contributed by atoms with van der Waals surface area (Å²) in [6.45, 7) is 7.73. The molecule has 0 aromatic heterocycles. The van der Waals surface area contributed by atoms with E-state index in [1.165, 1.54) is 4.90 Å². The predicted octanol–water partition coefficient (Wildman–Crippen LogP) is 1.33. The molecular formula is C13H21FN2O3. The lowest BCUT2D eigenvalue weighted by atomic mass is 9.77. The zero-order chi connectivity index (χ0) is 14.4. The van der Waals surface area contributed by atoms with Crippen LogP contribution in [0.3, 0.4) is 0 Å². The summed E-state index contributed by atoms with van der Waals surface area (Å²) in [5.41, 5.74) is -2.42. The summed E-state index contributed by atoms with van der Waals surface area (Å²) in [6, 6.07) is 0. The molecule has 2 aliphatic rings. The lowest BCUT2D eigenvalue weighted by Crippen LogP contribution is -2.58. The number of likely N-dealkylation sites (tertiary alicyclic amines) is 1. The van der Waals surface area contributed by atoms with Crippen molar-refractivity contribution in [3.63, 3.8) is 0 Å². The second-order valence-electron chi connectivity index (χ2n) is 6.46. The Kier molecular flexibility index (Phi) is 3.23. The van der Waals surface area contributed by atoms with Gasteiger partial charge in [-0.05, 0) is 20.8 Å². The third-order valence-corrected chi connectivity index (χ3v) is 3.76. The highest BCUT2D eigenvalue weighted by Crippen LogP contribution is 2.39. The minimum absolute atomic E-state index is 0.204. The molecule has 3 atom stereocenters. The molecule has 1 unspecified atom stereocenters. The van der Waals surface area contributed by atoms with Crippen LogP contribution in [0.2, 0.25) is 0 Å². The number of fused-ring (bicyclic) bond motifs is 1. The van der Waals surface area contributed by atoms with Crippen molar-refractivity contribution in [1.82, 2.24) is 10.2 Å². The lowest BCUT2D eigenvalue weighted by Gasteiger charge is -2.41. The number of nitrogens with zero attached hydrogens (tertiary/aromatic N) is 1. The van der Waals surface area contributed by atoms with E-state index in [1.807, 2.05) is 0 Å². The molecule has 2 amide bonds. The van der Waals surface area contributed by atoms with Crippen LogP contribution in [0, 0.1) is 11.8 Å². The summed E-state index contributed by atoms with van der Waals surface area (Å²) in [5, 5.41) is 2.55. The first-order valence-corrected chi connectivity index (χ1v) is 6.59. The summed E-state index contributed by atoms with van der Waals surface area (Å²) in [6.07, 6.45) is -0.444. The SMILES string of the molecule is CC1CN(C(=O)OC(C)(C)C)C[C@H]2CNC(=O)[C@@]12F. The fourth-order valence-corrected chi connectivity index (χ4v) is 2.79. The molecule has 108 valence electrons. The maximum atomic E-state index is 14.7. The van der Waals surface area contributed by atoms with Gasteiger partial charge >= 0.3 is 6.09 Å². The molecule has 0 bridgehead atoms. The molecule has 5 nitrogen and oxygen atoms in total. The van der Waals surface area contributed by atoms with Gasteiger partial charge in [0.25, 0.3) is 5.91 Å². The third-order valence-electron chi connectivity index (χ3n) is 3.76. The quantitative estimate of drug-likeness (QED) is 0.723. The van der Waals surface area contributed by atoms with Gasteiger partial charge < -0.3 is 15.0 Å². The lowest BCUT2D eigenvalue weighted by molar-refractivity contribution is -0.138. The topological polar surface area (TPSA) is 58.6 Å². The molecule has 0 aromatic rings. The number of alkyl halides is 1. The van der Waals surface area contributed by atoms with Crippen LogP contribution in [-0.2, 0) is 9.53 Å². The van der Waals surface area contributed by atoms with Crippen LogP contribution in [0.1, 0.15) is 27.7 Å². The van der Waals surface area contributed by atoms with Gasteiger partial charge in [0, 0.05) is 31.5 Å². The van der Waals surface area contributed by atoms with Gasteiger partial charge in [-0.1, -0.05) is 6.92 Å². The molecule has 2 fully saturated rings. The monoisotopic (exact) mass is 272 g/mol. The molecule has 0 aliphatic carbocycles. The first-order valence-electron chi connectivity index (χ1n) is 6.59. The van der Waals surface area contributed by atoms with Crippen LogP contribution in [0.5, 0.6) is 0 Å². The molecule has 6 heteroatoms. The van der Waals surface area contributed by atoms with Gasteiger partial charge in [-0.3, -0.25) is 4.79 Å². The Morgan fingerprint density at radius 3 is 2.68 bits per heavy atom. The number of hydrogen-bond donors (Lipinski definition) is 1. The second-order valence-corrected chi connectivity index (χ2v) is 6.46. The highest BCUT2D eigenvalue weighted by molar-refractivity contribution is 5.88. The van der Waals surface area contributed by atoms with Gasteiger partial charge in [-0.15, -0.1) is 0 Å². The minimum Gasteiger partial charge on any atom is -0.444 e. The molecule has 0 saturated carbocycles. The standard InChI is InChI=1S/C13H21FN2O3/c1-8-6-16(11(18)19-12(2,3)4)7-9-5-15-10(17)13(8,9)14/h8-9H,5-7H2,1-4H3,(H,15,17)/t8?,9-,13-/m1/s1. The van der Waals surface area contributed by atoms with Crippen molar-refractivity contribution in [1.29, 1.82) is 0 Å². The number of halogens is 1. The Balaban J connectivity index is 2.10. The van der Waals surface area contributed by atoms with Gasteiger partial charge in [0.1, 0.15) is 5.60 Å². The van der Waals surface area contributed by atoms with Gasteiger partial charge in [-0.25, -0.2) is 9.18 Å². The maximum absolute atomic E-state index is 14.7. The Morgan fingerprint density at radius 1 is 1.47 bits per heavy atom. The summed E-state index contributed by atoms with van der Waals surface area (Å²) in [7, 11) is 0. The van der Waals surface area contributed by atoms with Crippen molar-refractivity contribution >= 4 is 12.0 Å². The van der Waals surface area contributed by atoms with Crippen LogP contribution in [0.4, 0.5) is 9.18 Å². The fraction of sp³-hybridized carbons (Fsp3) is 0.846. The number of carbonyl (C=O) groups is 2. The van der Waals surface area contributed by atoms with E-state index in [0.29, 0.717) is 0 Å². The summed E-state index contributed by atoms with van der Waals surface area (Å²) < 4.78 is 20.0. The zero-order valence-corrected chi connectivity index (χ0v) is 11.8. The smallest absolute Gasteiger partial charge is 0.410 e. The Hall–Kier alpha value is -1.33. The fourth-order valence-electron chi connectivity index (χ4n) is 2.79. The number of ether oxygens (including phenoxy) is 1. The molecular weight excluding hydrogens is 251 g/mol. The number of carbonyl (C=O) groups excluding carboxylic acids is 2. The zero-order valence-electron chi connectivity index (χ0n) is 11.8. The molecule has 2 saturated heterocycles. The molecule has 2 aliphatic heterocycles. The first-order chi connectivity index (χ1) is 8.64. The van der Waals surface area contributed by atoms with Crippen molar-refractivity contribution < 1.29 is 18.7 Å². The molecule has 0 spiro atoms. The van der Waals surface area contributed by atoms with E-state index in [0.717, 1.165) is 0 Å². The van der Waals surface area contributed by atoms with Crippen LogP contribution < -0.4 is 5.32 Å². The highest BCUT2D eigenvalue weighted by Gasteiger charge is 2.58. The Morgan fingerprint density at radius 2 is 2.11 bits per heavy atom. The van der Waals surface area contributed by atoms with E-state index in [1.54, 1.807) is 27.7 Å². The average molecular weight is 272 g/mol. The number of piperidine rings is 1. The van der Waals surface area contributed by atoms with E-state index in [2.05, 4.69) is 5.32 Å². The number of hydrogen-bond acceptors (Lipinski definition) is 3. The summed E-state index contributed by atoms with van der Waals surface area (Å²) in [5.74, 6) is -1.56. The molecule has 19 heavy (non-hydrogen) atoms. The van der Waals surface area contributed by atoms with Crippen molar-refractivity contribution in [3.8, 4) is 0 Å². The molecule has 1 N–H and O–H groups in total. The van der Waals surface area contributed by atoms with Crippen LogP contribution in [-0.4, -0.2) is 47.8 Å². The van der Waals surface area contributed by atoms with E-state index in [4.69, 9.17) is 4.74 Å². The van der Waals surface area contributed by atoms with E-state index >= 15 is 0 Å². The molecule has 2 rings (SSSR count). The van der Waals surface area contributed by atoms with Crippen LogP contribution in [0.15, 0.2) is 0 Å². The highest BCUT2D eigenvalue weighted by atomic mass is 19.1. The van der Waals surface area contributed by atoms with Gasteiger partial charge in [0.15, 0.2) is 5.67 Å². The van der Waals surface area contributed by atoms with E-state index in [-0.39, 0.29) is 19.6 Å². The van der Waals surface area contributed by atoms with Crippen molar-refractivity contribution in [2.45, 2.75) is 39.0 Å². The Bertz CT molecular complexity index is 407. The largest absolute Gasteiger partial charge is 0.444 e. The maximum Gasteiger partial charge on any atom is 0.410 e. The summed E-state index contributed by atoms with van der Waals surface area (Å²) >= 11 is 0. The van der Waals surface area contributed by atoms with Crippen LogP contribution in [0.25, 0.3) is 0 Å². The third kappa shape index (κ3) is 2.40. The van der Waals surface area contributed by atoms with E-state index < -0.39 is 35.1 Å². The normalized spacial score (nSPS) is 34.8. The second kappa shape index (κ2) is 4.35. The average Bonchev–Trinajstić information content (AvgIpc) is 2.55. The van der Waals surface area contributed by atoms with E-state index in [9.17, 15) is 14.0 Å². The van der Waals surface area contributed by atoms with Gasteiger partial charge in [0.05, 0.1) is 0 Å². The minimum atomic E-state index is -1.85. The van der Waals surface area contributed by atoms with Crippen molar-refractivity contribution in [2.75, 3.05) is 19.6 Å². The summed E-state index contributed by atoms with van der Waals surface area (Å²) in [4.78, 5) is 25.1. The first kappa shape index (κ1) is 14.1. The predicted molar refractivity (Wildman–Crippen MR) is 67.3 cm³/mol. The van der Waals surface area contributed by atoms with Crippen LogP contribution >= 0.6 is 0 Å². The van der Waals surface area contributed by atoms with Gasteiger partial charge in [0.2, 0.25) is 0 Å². The van der Waals surface area contributed by atoms with Crippen molar-refractivity contribution in [2.24, 2.45) is 11.8 Å². The van der Waals surface area contributed by atoms with Crippen molar-refractivity contribution in [3.05, 3.63) is 0 Å². The molecule has 0 aromatic carbocycles. The number of nitrogens with one attached hydrogen (secondary N) is 1. The molecule has 2 heterocycles.